The highest BCUT2D eigenvalue weighted by molar-refractivity contribution is 5.87. The molecule has 5 nitrogen and oxygen atoms in total. The lowest BCUT2D eigenvalue weighted by Crippen LogP contribution is -2.49. The molecule has 0 bridgehead atoms. The lowest BCUT2D eigenvalue weighted by atomic mass is 10.1. The molecule has 0 fully saturated rings. The van der Waals surface area contributed by atoms with Crippen LogP contribution < -0.4 is 10.6 Å². The maximum Gasteiger partial charge on any atom is 0.315 e. The summed E-state index contributed by atoms with van der Waals surface area (Å²) in [4.78, 5) is 21.6. The Morgan fingerprint density at radius 2 is 1.92 bits per heavy atom. The highest BCUT2D eigenvalue weighted by Gasteiger charge is 2.21. The first-order valence-corrected chi connectivity index (χ1v) is 3.65. The number of Topliss-reactive ketones (excluding diaryl/α,β-unsaturated/α-hetero) is 1. The van der Waals surface area contributed by atoms with Crippen LogP contribution in [-0.4, -0.2) is 36.1 Å². The fourth-order valence-electron chi connectivity index (χ4n) is 0.775. The van der Waals surface area contributed by atoms with Crippen molar-refractivity contribution in [3.63, 3.8) is 0 Å². The third-order valence-corrected chi connectivity index (χ3v) is 1.43. The molecule has 0 aliphatic rings. The standard InChI is InChI=1S/C7H14N2O3/c1-4(10)6(5(2)11)9-7(12)8-3/h4,6,10H,1-3H3,(H2,8,9,12). The fourth-order valence-corrected chi connectivity index (χ4v) is 0.775. The van der Waals surface area contributed by atoms with Crippen LogP contribution in [0.3, 0.4) is 0 Å². The van der Waals surface area contributed by atoms with Crippen molar-refractivity contribution in [3.8, 4) is 0 Å². The summed E-state index contributed by atoms with van der Waals surface area (Å²) in [5.74, 6) is -0.270. The second-order valence-corrected chi connectivity index (χ2v) is 2.55. The van der Waals surface area contributed by atoms with Gasteiger partial charge in [0.2, 0.25) is 0 Å². The maximum absolute atomic E-state index is 10.8. The van der Waals surface area contributed by atoms with Crippen LogP contribution in [-0.2, 0) is 4.79 Å². The third-order valence-electron chi connectivity index (χ3n) is 1.43. The third kappa shape index (κ3) is 3.34. The van der Waals surface area contributed by atoms with Gasteiger partial charge in [-0.2, -0.15) is 0 Å². The predicted octanol–water partition coefficient (Wildman–Crippen LogP) is -0.746. The first kappa shape index (κ1) is 10.9. The van der Waals surface area contributed by atoms with Crippen molar-refractivity contribution >= 4 is 11.8 Å². The van der Waals surface area contributed by atoms with Gasteiger partial charge in [0.25, 0.3) is 0 Å². The fraction of sp³-hybridized carbons (Fsp3) is 0.714. The topological polar surface area (TPSA) is 78.4 Å². The van der Waals surface area contributed by atoms with Crippen molar-refractivity contribution in [2.75, 3.05) is 7.05 Å². The molecule has 3 N–H and O–H groups in total. The van der Waals surface area contributed by atoms with Gasteiger partial charge in [-0.1, -0.05) is 0 Å². The van der Waals surface area contributed by atoms with E-state index in [1.807, 2.05) is 0 Å². The molecule has 0 aromatic rings. The van der Waals surface area contributed by atoms with E-state index in [1.165, 1.54) is 20.9 Å². The molecule has 0 aromatic heterocycles. The van der Waals surface area contributed by atoms with E-state index >= 15 is 0 Å². The number of urea groups is 1. The summed E-state index contributed by atoms with van der Waals surface area (Å²) in [6.07, 6.45) is -0.875. The first-order chi connectivity index (χ1) is 5.49. The van der Waals surface area contributed by atoms with Gasteiger partial charge in [0, 0.05) is 7.05 Å². The second kappa shape index (κ2) is 4.71. The molecule has 0 rings (SSSR count). The van der Waals surface area contributed by atoms with Gasteiger partial charge in [0.1, 0.15) is 6.04 Å². The molecule has 2 atom stereocenters. The summed E-state index contributed by atoms with van der Waals surface area (Å²) in [5.41, 5.74) is 0. The smallest absolute Gasteiger partial charge is 0.315 e. The first-order valence-electron chi connectivity index (χ1n) is 3.65. The van der Waals surface area contributed by atoms with E-state index in [0.29, 0.717) is 0 Å². The van der Waals surface area contributed by atoms with Gasteiger partial charge in [-0.15, -0.1) is 0 Å². The van der Waals surface area contributed by atoms with Crippen molar-refractivity contribution in [1.29, 1.82) is 0 Å². The van der Waals surface area contributed by atoms with Crippen LogP contribution in [0.25, 0.3) is 0 Å². The summed E-state index contributed by atoms with van der Waals surface area (Å²) in [7, 11) is 1.44. The molecule has 12 heavy (non-hydrogen) atoms. The predicted molar refractivity (Wildman–Crippen MR) is 43.7 cm³/mol. The zero-order valence-electron chi connectivity index (χ0n) is 7.42. The van der Waals surface area contributed by atoms with Gasteiger partial charge >= 0.3 is 6.03 Å². The average Bonchev–Trinajstić information content (AvgIpc) is 1.98. The van der Waals surface area contributed by atoms with Gasteiger partial charge in [0.05, 0.1) is 6.10 Å². The molecule has 2 unspecified atom stereocenters. The number of rotatable bonds is 3. The Morgan fingerprint density at radius 3 is 2.17 bits per heavy atom. The van der Waals surface area contributed by atoms with E-state index in [4.69, 9.17) is 5.11 Å². The minimum atomic E-state index is -0.875. The highest BCUT2D eigenvalue weighted by atomic mass is 16.3. The van der Waals surface area contributed by atoms with Crippen molar-refractivity contribution in [2.45, 2.75) is 26.0 Å². The Labute approximate surface area is 71.1 Å². The van der Waals surface area contributed by atoms with E-state index in [2.05, 4.69) is 10.6 Å². The normalized spacial score (nSPS) is 14.7. The highest BCUT2D eigenvalue weighted by Crippen LogP contribution is 1.93. The van der Waals surface area contributed by atoms with E-state index < -0.39 is 18.2 Å². The van der Waals surface area contributed by atoms with Crippen LogP contribution in [0.15, 0.2) is 0 Å². The van der Waals surface area contributed by atoms with Crippen LogP contribution in [0.4, 0.5) is 4.79 Å². The molecule has 0 saturated heterocycles. The molecular weight excluding hydrogens is 160 g/mol. The SMILES string of the molecule is CNC(=O)NC(C(C)=O)C(C)O. The Hall–Kier alpha value is -1.10. The molecule has 5 heteroatoms. The van der Waals surface area contributed by atoms with Crippen LogP contribution in [0.2, 0.25) is 0 Å². The number of carbonyl (C=O) groups is 2. The number of nitrogens with one attached hydrogen (secondary N) is 2. The number of aliphatic hydroxyl groups is 1. The molecule has 0 aromatic carbocycles. The van der Waals surface area contributed by atoms with E-state index in [9.17, 15) is 9.59 Å². The molecule has 0 radical (unpaired) electrons. The lowest BCUT2D eigenvalue weighted by Gasteiger charge is -2.17. The number of amides is 2. The minimum Gasteiger partial charge on any atom is -0.391 e. The Kier molecular flexibility index (Phi) is 4.28. The summed E-state index contributed by atoms with van der Waals surface area (Å²) >= 11 is 0. The Balaban J connectivity index is 4.14. The van der Waals surface area contributed by atoms with Crippen molar-refractivity contribution < 1.29 is 14.7 Å². The monoisotopic (exact) mass is 174 g/mol. The zero-order valence-corrected chi connectivity index (χ0v) is 7.42. The van der Waals surface area contributed by atoms with Gasteiger partial charge in [-0.05, 0) is 13.8 Å². The molecule has 70 valence electrons. The molecule has 2 amide bonds. The summed E-state index contributed by atoms with van der Waals surface area (Å²) in [6.45, 7) is 2.76. The van der Waals surface area contributed by atoms with Gasteiger partial charge < -0.3 is 15.7 Å². The second-order valence-electron chi connectivity index (χ2n) is 2.55. The molecule has 0 aliphatic carbocycles. The maximum atomic E-state index is 10.8. The summed E-state index contributed by atoms with van der Waals surface area (Å²) in [6, 6.07) is -1.30. The van der Waals surface area contributed by atoms with E-state index in [0.717, 1.165) is 0 Å². The minimum absolute atomic E-state index is 0.270. The molecule has 0 heterocycles. The molecular formula is C7H14N2O3. The van der Waals surface area contributed by atoms with Crippen molar-refractivity contribution in [3.05, 3.63) is 0 Å². The van der Waals surface area contributed by atoms with Crippen molar-refractivity contribution in [1.82, 2.24) is 10.6 Å². The Morgan fingerprint density at radius 1 is 1.42 bits per heavy atom. The van der Waals surface area contributed by atoms with Crippen LogP contribution in [0.5, 0.6) is 0 Å². The molecule has 0 aliphatic heterocycles. The number of carbonyl (C=O) groups excluding carboxylic acids is 2. The molecule has 0 spiro atoms. The number of hydrogen-bond donors (Lipinski definition) is 3. The lowest BCUT2D eigenvalue weighted by molar-refractivity contribution is -0.120. The average molecular weight is 174 g/mol. The quantitative estimate of drug-likeness (QED) is 0.527. The zero-order chi connectivity index (χ0) is 9.72. The van der Waals surface area contributed by atoms with Gasteiger partial charge in [-0.3, -0.25) is 4.79 Å². The summed E-state index contributed by atoms with van der Waals surface area (Å²) in [5, 5.41) is 13.7. The van der Waals surface area contributed by atoms with Crippen LogP contribution >= 0.6 is 0 Å². The van der Waals surface area contributed by atoms with Crippen LogP contribution in [0.1, 0.15) is 13.8 Å². The largest absolute Gasteiger partial charge is 0.391 e. The van der Waals surface area contributed by atoms with Gasteiger partial charge in [0.15, 0.2) is 5.78 Å². The van der Waals surface area contributed by atoms with Crippen LogP contribution in [0, 0.1) is 0 Å². The van der Waals surface area contributed by atoms with E-state index in [-0.39, 0.29) is 5.78 Å². The van der Waals surface area contributed by atoms with E-state index in [1.54, 1.807) is 0 Å². The number of hydrogen-bond acceptors (Lipinski definition) is 3. The summed E-state index contributed by atoms with van der Waals surface area (Å²) < 4.78 is 0. The van der Waals surface area contributed by atoms with Gasteiger partial charge in [-0.25, -0.2) is 4.79 Å². The molecule has 0 saturated carbocycles. The van der Waals surface area contributed by atoms with Crippen molar-refractivity contribution in [2.24, 2.45) is 0 Å². The number of aliphatic hydroxyl groups excluding tert-OH is 1. The number of ketones is 1. The Bertz CT molecular complexity index is 179.